The van der Waals surface area contributed by atoms with E-state index in [-0.39, 0.29) is 0 Å². The third-order valence-electron chi connectivity index (χ3n) is 3.93. The Morgan fingerprint density at radius 3 is 2.53 bits per heavy atom. The van der Waals surface area contributed by atoms with E-state index < -0.39 is 17.2 Å². The van der Waals surface area contributed by atoms with Crippen LogP contribution in [-0.4, -0.2) is 23.3 Å². The summed E-state index contributed by atoms with van der Waals surface area (Å²) in [6, 6.07) is 4.32. The molecule has 106 valence electrons. The summed E-state index contributed by atoms with van der Waals surface area (Å²) in [5, 5.41) is 13.9. The summed E-state index contributed by atoms with van der Waals surface area (Å²) in [5.41, 5.74) is -0.126. The van der Waals surface area contributed by atoms with Gasteiger partial charge in [-0.05, 0) is 49.9 Å². The van der Waals surface area contributed by atoms with E-state index in [1.165, 1.54) is 6.07 Å². The molecule has 1 fully saturated rings. The minimum absolute atomic E-state index is 0.392. The molecule has 1 aliphatic rings. The summed E-state index contributed by atoms with van der Waals surface area (Å²) in [4.78, 5) is 0. The van der Waals surface area contributed by atoms with Crippen LogP contribution in [0.5, 0.6) is 0 Å². The lowest BCUT2D eigenvalue weighted by Crippen LogP contribution is -2.42. The molecule has 2 nitrogen and oxygen atoms in total. The Hall–Kier alpha value is -1.00. The maximum absolute atomic E-state index is 13.2. The summed E-state index contributed by atoms with van der Waals surface area (Å²) in [6.45, 7) is 3.01. The molecule has 1 aromatic rings. The van der Waals surface area contributed by atoms with Crippen LogP contribution in [0.2, 0.25) is 0 Å². The molecule has 2 rings (SSSR count). The van der Waals surface area contributed by atoms with Crippen LogP contribution in [0.25, 0.3) is 0 Å². The van der Waals surface area contributed by atoms with Crippen molar-refractivity contribution in [3.63, 3.8) is 0 Å². The fourth-order valence-corrected chi connectivity index (χ4v) is 2.85. The maximum Gasteiger partial charge on any atom is 0.159 e. The van der Waals surface area contributed by atoms with Gasteiger partial charge in [0.2, 0.25) is 0 Å². The lowest BCUT2D eigenvalue weighted by Gasteiger charge is -2.36. The second-order valence-electron chi connectivity index (χ2n) is 5.48. The van der Waals surface area contributed by atoms with Gasteiger partial charge in [0.1, 0.15) is 0 Å². The highest BCUT2D eigenvalue weighted by molar-refractivity contribution is 5.20. The van der Waals surface area contributed by atoms with Crippen LogP contribution < -0.4 is 5.32 Å². The number of aliphatic hydroxyl groups is 1. The fraction of sp³-hybridized carbons (Fsp3) is 0.600. The van der Waals surface area contributed by atoms with Crippen molar-refractivity contribution in [1.82, 2.24) is 5.32 Å². The van der Waals surface area contributed by atoms with Gasteiger partial charge in [-0.25, -0.2) is 8.78 Å². The van der Waals surface area contributed by atoms with Crippen LogP contribution in [0.3, 0.4) is 0 Å². The van der Waals surface area contributed by atoms with E-state index in [9.17, 15) is 13.9 Å². The van der Waals surface area contributed by atoms with Crippen molar-refractivity contribution in [2.45, 2.75) is 50.7 Å². The molecule has 0 saturated heterocycles. The summed E-state index contributed by atoms with van der Waals surface area (Å²) in [7, 11) is 0. The zero-order valence-corrected chi connectivity index (χ0v) is 11.3. The molecule has 0 amide bonds. The van der Waals surface area contributed by atoms with Gasteiger partial charge in [0.25, 0.3) is 0 Å². The zero-order chi connectivity index (χ0) is 13.9. The van der Waals surface area contributed by atoms with Gasteiger partial charge in [0, 0.05) is 12.5 Å². The quantitative estimate of drug-likeness (QED) is 0.881. The van der Waals surface area contributed by atoms with Crippen molar-refractivity contribution in [2.24, 2.45) is 0 Å². The van der Waals surface area contributed by atoms with Crippen LogP contribution in [0.1, 0.15) is 38.2 Å². The predicted molar refractivity (Wildman–Crippen MR) is 70.9 cm³/mol. The van der Waals surface area contributed by atoms with E-state index in [1.807, 2.05) is 0 Å². The Morgan fingerprint density at radius 2 is 1.95 bits per heavy atom. The summed E-state index contributed by atoms with van der Waals surface area (Å²) in [5.74, 6) is -1.69. The first-order chi connectivity index (χ1) is 9.02. The van der Waals surface area contributed by atoms with Crippen LogP contribution in [0.15, 0.2) is 18.2 Å². The van der Waals surface area contributed by atoms with E-state index in [0.29, 0.717) is 30.9 Å². The van der Waals surface area contributed by atoms with E-state index >= 15 is 0 Å². The number of hydrogen-bond donors (Lipinski definition) is 2. The fourth-order valence-electron chi connectivity index (χ4n) is 2.85. The molecule has 1 aromatic carbocycles. The minimum Gasteiger partial charge on any atom is -0.390 e. The van der Waals surface area contributed by atoms with Gasteiger partial charge < -0.3 is 10.4 Å². The highest BCUT2D eigenvalue weighted by atomic mass is 19.2. The standard InChI is InChI=1S/C15H21F2NO/c1-2-18-12-5-7-15(19,8-6-12)10-11-3-4-13(16)14(17)9-11/h3-4,9,12,18-19H,2,5-8,10H2,1H3. The maximum atomic E-state index is 13.2. The van der Waals surface area contributed by atoms with Gasteiger partial charge in [-0.3, -0.25) is 0 Å². The summed E-state index contributed by atoms with van der Waals surface area (Å²) in [6.07, 6.45) is 3.64. The Bertz CT molecular complexity index is 428. The lowest BCUT2D eigenvalue weighted by molar-refractivity contribution is -0.00300. The number of halogens is 2. The average Bonchev–Trinajstić information content (AvgIpc) is 2.37. The molecular weight excluding hydrogens is 248 g/mol. The van der Waals surface area contributed by atoms with E-state index in [4.69, 9.17) is 0 Å². The first-order valence-electron chi connectivity index (χ1n) is 6.92. The predicted octanol–water partition coefficient (Wildman–Crippen LogP) is 2.79. The molecular formula is C15H21F2NO. The molecule has 0 spiro atoms. The highest BCUT2D eigenvalue weighted by Crippen LogP contribution is 2.31. The second kappa shape index (κ2) is 5.97. The third-order valence-corrected chi connectivity index (χ3v) is 3.93. The highest BCUT2D eigenvalue weighted by Gasteiger charge is 2.33. The smallest absolute Gasteiger partial charge is 0.159 e. The first-order valence-corrected chi connectivity index (χ1v) is 6.92. The molecule has 1 saturated carbocycles. The van der Waals surface area contributed by atoms with Gasteiger partial charge in [0.05, 0.1) is 5.60 Å². The zero-order valence-electron chi connectivity index (χ0n) is 11.3. The normalized spacial score (nSPS) is 27.5. The number of hydrogen-bond acceptors (Lipinski definition) is 2. The van der Waals surface area contributed by atoms with Gasteiger partial charge in [-0.2, -0.15) is 0 Å². The third kappa shape index (κ3) is 3.74. The van der Waals surface area contributed by atoms with Crippen molar-refractivity contribution in [2.75, 3.05) is 6.54 Å². The van der Waals surface area contributed by atoms with Gasteiger partial charge in [-0.15, -0.1) is 0 Å². The Balaban J connectivity index is 1.96. The SMILES string of the molecule is CCNC1CCC(O)(Cc2ccc(F)c(F)c2)CC1. The Labute approximate surface area is 112 Å². The molecule has 2 N–H and O–H groups in total. The van der Waals surface area contributed by atoms with Crippen molar-refractivity contribution < 1.29 is 13.9 Å². The Morgan fingerprint density at radius 1 is 1.26 bits per heavy atom. The molecule has 0 radical (unpaired) electrons. The molecule has 0 atom stereocenters. The largest absolute Gasteiger partial charge is 0.390 e. The topological polar surface area (TPSA) is 32.3 Å². The molecule has 19 heavy (non-hydrogen) atoms. The van der Waals surface area contributed by atoms with E-state index in [0.717, 1.165) is 25.5 Å². The Kier molecular flexibility index (Phi) is 4.53. The van der Waals surface area contributed by atoms with Crippen LogP contribution >= 0.6 is 0 Å². The van der Waals surface area contributed by atoms with Crippen LogP contribution in [-0.2, 0) is 6.42 Å². The summed E-state index contributed by atoms with van der Waals surface area (Å²) < 4.78 is 26.0. The molecule has 0 bridgehead atoms. The van der Waals surface area contributed by atoms with Crippen molar-refractivity contribution >= 4 is 0 Å². The van der Waals surface area contributed by atoms with Crippen molar-refractivity contribution in [3.05, 3.63) is 35.4 Å². The lowest BCUT2D eigenvalue weighted by atomic mass is 9.78. The van der Waals surface area contributed by atoms with Gasteiger partial charge in [0.15, 0.2) is 11.6 Å². The van der Waals surface area contributed by atoms with Crippen LogP contribution in [0, 0.1) is 11.6 Å². The number of benzene rings is 1. The second-order valence-corrected chi connectivity index (χ2v) is 5.48. The van der Waals surface area contributed by atoms with Crippen LogP contribution in [0.4, 0.5) is 8.78 Å². The van der Waals surface area contributed by atoms with Gasteiger partial charge in [-0.1, -0.05) is 13.0 Å². The monoisotopic (exact) mass is 269 g/mol. The minimum atomic E-state index is -0.845. The molecule has 0 aromatic heterocycles. The van der Waals surface area contributed by atoms with Crippen molar-refractivity contribution in [1.29, 1.82) is 0 Å². The number of nitrogens with one attached hydrogen (secondary N) is 1. The molecule has 0 aliphatic heterocycles. The summed E-state index contributed by atoms with van der Waals surface area (Å²) >= 11 is 0. The molecule has 0 heterocycles. The first kappa shape index (κ1) is 14.4. The van der Waals surface area contributed by atoms with E-state index in [2.05, 4.69) is 12.2 Å². The number of rotatable bonds is 4. The molecule has 1 aliphatic carbocycles. The molecule has 4 heteroatoms. The molecule has 0 unspecified atom stereocenters. The average molecular weight is 269 g/mol. The van der Waals surface area contributed by atoms with Gasteiger partial charge >= 0.3 is 0 Å². The van der Waals surface area contributed by atoms with E-state index in [1.54, 1.807) is 6.07 Å². The van der Waals surface area contributed by atoms with Crippen molar-refractivity contribution in [3.8, 4) is 0 Å².